The predicted octanol–water partition coefficient (Wildman–Crippen LogP) is 2.78. The van der Waals surface area contributed by atoms with Crippen molar-refractivity contribution in [3.05, 3.63) is 59.9 Å². The van der Waals surface area contributed by atoms with Gasteiger partial charge < -0.3 is 19.9 Å². The van der Waals surface area contributed by atoms with E-state index in [4.69, 9.17) is 0 Å². The van der Waals surface area contributed by atoms with E-state index in [0.29, 0.717) is 28.5 Å². The molecule has 3 aromatic heterocycles. The molecule has 2 N–H and O–H groups in total. The number of pyridine rings is 1. The number of hydrogen-bond donors (Lipinski definition) is 2. The molecule has 0 spiro atoms. The Morgan fingerprint density at radius 3 is 3.00 bits per heavy atom. The number of halogens is 1. The molecule has 1 aliphatic rings. The minimum Gasteiger partial charge on any atom is -0.368 e. The number of carbonyl (C=O) groups is 1. The summed E-state index contributed by atoms with van der Waals surface area (Å²) in [6, 6.07) is 7.22. The van der Waals surface area contributed by atoms with Gasteiger partial charge in [-0.05, 0) is 32.0 Å². The molecule has 31 heavy (non-hydrogen) atoms. The summed E-state index contributed by atoms with van der Waals surface area (Å²) in [5, 5.41) is 15.3. The van der Waals surface area contributed by atoms with Crippen LogP contribution in [0.1, 0.15) is 23.0 Å². The van der Waals surface area contributed by atoms with Crippen LogP contribution in [0.15, 0.2) is 42.9 Å². The molecule has 1 unspecified atom stereocenters. The molecule has 1 fully saturated rings. The Morgan fingerprint density at radius 1 is 1.29 bits per heavy atom. The van der Waals surface area contributed by atoms with Crippen molar-refractivity contribution in [2.45, 2.75) is 19.9 Å². The SMILES string of the molecule is Cc1cn2cc(NC(=O)c3ccc(N4CCNC(C)C4)c4ccnnc34)cc(F)c2n1. The fourth-order valence-corrected chi connectivity index (χ4v) is 4.12. The first-order valence-corrected chi connectivity index (χ1v) is 10.2. The van der Waals surface area contributed by atoms with Crippen LogP contribution in [-0.2, 0) is 0 Å². The van der Waals surface area contributed by atoms with Crippen LogP contribution in [0, 0.1) is 12.7 Å². The number of nitrogens with zero attached hydrogens (tertiary/aromatic N) is 5. The van der Waals surface area contributed by atoms with Gasteiger partial charge in [-0.3, -0.25) is 4.79 Å². The first-order valence-electron chi connectivity index (χ1n) is 10.2. The number of benzene rings is 1. The highest BCUT2D eigenvalue weighted by atomic mass is 19.1. The fraction of sp³-hybridized carbons (Fsp3) is 0.273. The van der Waals surface area contributed by atoms with Crippen molar-refractivity contribution < 1.29 is 9.18 Å². The second-order valence-corrected chi connectivity index (χ2v) is 7.87. The van der Waals surface area contributed by atoms with E-state index in [1.54, 1.807) is 36.0 Å². The molecule has 8 nitrogen and oxygen atoms in total. The standard InChI is InChI=1S/C22H22FN7O/c1-13-10-29(8-7-24-13)19-4-3-17(20-16(19)5-6-25-28-20)22(31)27-15-9-18(23)21-26-14(2)11-30(21)12-15/h3-6,9,11-13,24H,7-8,10H2,1-2H3,(H,27,31). The molecule has 0 aliphatic carbocycles. The smallest absolute Gasteiger partial charge is 0.257 e. The van der Waals surface area contributed by atoms with Gasteiger partial charge in [0.15, 0.2) is 11.5 Å². The lowest BCUT2D eigenvalue weighted by Crippen LogP contribution is -2.49. The third-order valence-corrected chi connectivity index (χ3v) is 5.50. The van der Waals surface area contributed by atoms with Crippen LogP contribution in [0.4, 0.5) is 15.8 Å². The molecule has 0 bridgehead atoms. The van der Waals surface area contributed by atoms with E-state index >= 15 is 0 Å². The van der Waals surface area contributed by atoms with E-state index < -0.39 is 5.82 Å². The molecule has 1 atom stereocenters. The van der Waals surface area contributed by atoms with Crippen LogP contribution >= 0.6 is 0 Å². The Kier molecular flexibility index (Phi) is 4.74. The summed E-state index contributed by atoms with van der Waals surface area (Å²) in [6.07, 6.45) is 4.97. The average Bonchev–Trinajstić information content (AvgIpc) is 3.13. The topological polar surface area (TPSA) is 87.5 Å². The van der Waals surface area contributed by atoms with Crippen molar-refractivity contribution in [2.75, 3.05) is 29.9 Å². The zero-order valence-electron chi connectivity index (χ0n) is 17.3. The quantitative estimate of drug-likeness (QED) is 0.531. The number of carbonyl (C=O) groups excluding carboxylic acids is 1. The number of hydrogen-bond acceptors (Lipinski definition) is 6. The van der Waals surface area contributed by atoms with E-state index in [-0.39, 0.29) is 11.6 Å². The largest absolute Gasteiger partial charge is 0.368 e. The number of fused-ring (bicyclic) bond motifs is 2. The summed E-state index contributed by atoms with van der Waals surface area (Å²) in [5.41, 5.74) is 3.18. The van der Waals surface area contributed by atoms with Crippen molar-refractivity contribution in [3.8, 4) is 0 Å². The minimum absolute atomic E-state index is 0.224. The van der Waals surface area contributed by atoms with Crippen molar-refractivity contribution >= 4 is 33.8 Å². The van der Waals surface area contributed by atoms with Crippen LogP contribution in [0.3, 0.4) is 0 Å². The second kappa shape index (κ2) is 7.59. The van der Waals surface area contributed by atoms with E-state index in [9.17, 15) is 9.18 Å². The maximum Gasteiger partial charge on any atom is 0.257 e. The van der Waals surface area contributed by atoms with E-state index in [1.165, 1.54) is 6.07 Å². The molecule has 0 radical (unpaired) electrons. The molecule has 1 aliphatic heterocycles. The number of rotatable bonds is 3. The third kappa shape index (κ3) is 3.57. The maximum atomic E-state index is 14.4. The summed E-state index contributed by atoms with van der Waals surface area (Å²) >= 11 is 0. The normalized spacial score (nSPS) is 16.7. The van der Waals surface area contributed by atoms with Crippen molar-refractivity contribution in [3.63, 3.8) is 0 Å². The summed E-state index contributed by atoms with van der Waals surface area (Å²) in [6.45, 7) is 6.57. The van der Waals surface area contributed by atoms with Gasteiger partial charge in [-0.1, -0.05) is 0 Å². The number of aromatic nitrogens is 4. The number of piperazine rings is 1. The van der Waals surface area contributed by atoms with Crippen LogP contribution in [0.5, 0.6) is 0 Å². The zero-order valence-corrected chi connectivity index (χ0v) is 17.3. The molecular weight excluding hydrogens is 397 g/mol. The van der Waals surface area contributed by atoms with E-state index in [0.717, 1.165) is 30.7 Å². The molecule has 1 aromatic carbocycles. The first kappa shape index (κ1) is 19.4. The number of nitrogens with one attached hydrogen (secondary N) is 2. The van der Waals surface area contributed by atoms with Crippen LogP contribution in [0.25, 0.3) is 16.6 Å². The highest BCUT2D eigenvalue weighted by Crippen LogP contribution is 2.29. The lowest BCUT2D eigenvalue weighted by molar-refractivity contribution is 0.102. The number of anilines is 2. The molecule has 1 amide bonds. The number of amides is 1. The molecule has 4 aromatic rings. The van der Waals surface area contributed by atoms with Crippen molar-refractivity contribution in [1.82, 2.24) is 24.9 Å². The molecule has 4 heterocycles. The van der Waals surface area contributed by atoms with E-state index in [1.807, 2.05) is 12.1 Å². The monoisotopic (exact) mass is 419 g/mol. The van der Waals surface area contributed by atoms with Gasteiger partial charge in [0.25, 0.3) is 5.91 Å². The van der Waals surface area contributed by atoms with Gasteiger partial charge in [0.2, 0.25) is 0 Å². The Labute approximate surface area is 178 Å². The van der Waals surface area contributed by atoms with Crippen LogP contribution < -0.4 is 15.5 Å². The predicted molar refractivity (Wildman–Crippen MR) is 117 cm³/mol. The maximum absolute atomic E-state index is 14.4. The summed E-state index contributed by atoms with van der Waals surface area (Å²) in [4.78, 5) is 19.5. The van der Waals surface area contributed by atoms with Crippen molar-refractivity contribution in [1.29, 1.82) is 0 Å². The first-order chi connectivity index (χ1) is 15.0. The lowest BCUT2D eigenvalue weighted by atomic mass is 10.1. The summed E-state index contributed by atoms with van der Waals surface area (Å²) in [7, 11) is 0. The van der Waals surface area contributed by atoms with Crippen molar-refractivity contribution in [2.24, 2.45) is 0 Å². The highest BCUT2D eigenvalue weighted by Gasteiger charge is 2.21. The van der Waals surface area contributed by atoms with Gasteiger partial charge in [0.05, 0.1) is 23.1 Å². The molecule has 9 heteroatoms. The highest BCUT2D eigenvalue weighted by molar-refractivity contribution is 6.13. The third-order valence-electron chi connectivity index (χ3n) is 5.50. The zero-order chi connectivity index (χ0) is 21.5. The van der Waals surface area contributed by atoms with Gasteiger partial charge in [-0.25, -0.2) is 9.37 Å². The van der Waals surface area contributed by atoms with Gasteiger partial charge in [0.1, 0.15) is 5.52 Å². The molecule has 0 saturated carbocycles. The molecule has 1 saturated heterocycles. The Morgan fingerprint density at radius 2 is 2.16 bits per heavy atom. The van der Waals surface area contributed by atoms with Crippen LogP contribution in [0.2, 0.25) is 0 Å². The Hall–Kier alpha value is -3.59. The van der Waals surface area contributed by atoms with Crippen LogP contribution in [-0.4, -0.2) is 51.2 Å². The van der Waals surface area contributed by atoms with Gasteiger partial charge >= 0.3 is 0 Å². The van der Waals surface area contributed by atoms with Gasteiger partial charge in [-0.15, -0.1) is 5.10 Å². The summed E-state index contributed by atoms with van der Waals surface area (Å²) in [5.74, 6) is -0.875. The molecule has 5 rings (SSSR count). The average molecular weight is 419 g/mol. The second-order valence-electron chi connectivity index (χ2n) is 7.87. The van der Waals surface area contributed by atoms with Gasteiger partial charge in [-0.2, -0.15) is 5.10 Å². The lowest BCUT2D eigenvalue weighted by Gasteiger charge is -2.34. The Balaban J connectivity index is 1.50. The molecule has 158 valence electrons. The van der Waals surface area contributed by atoms with Gasteiger partial charge in [0, 0.05) is 55.2 Å². The minimum atomic E-state index is -0.501. The number of imidazole rings is 1. The summed E-state index contributed by atoms with van der Waals surface area (Å²) < 4.78 is 16.0. The molecular formula is C22H22FN7O. The Bertz CT molecular complexity index is 1300. The fourth-order valence-electron chi connectivity index (χ4n) is 4.12. The van der Waals surface area contributed by atoms with E-state index in [2.05, 4.69) is 37.6 Å². The number of aryl methyl sites for hydroxylation is 1.